The van der Waals surface area contributed by atoms with Crippen molar-refractivity contribution in [3.63, 3.8) is 0 Å². The van der Waals surface area contributed by atoms with Crippen molar-refractivity contribution in [3.05, 3.63) is 23.8 Å². The largest absolute Gasteiger partial charge is 0.493 e. The molecular weight excluding hydrogens is 292 g/mol. The van der Waals surface area contributed by atoms with E-state index in [-0.39, 0.29) is 11.5 Å². The smallest absolute Gasteiger partial charge is 0.387 e. The molecule has 4 nitrogen and oxygen atoms in total. The summed E-state index contributed by atoms with van der Waals surface area (Å²) < 4.78 is 34.1. The maximum atomic E-state index is 12.3. The quantitative estimate of drug-likeness (QED) is 0.840. The molecule has 2 rings (SSSR count). The van der Waals surface area contributed by atoms with Crippen LogP contribution < -0.4 is 9.47 Å². The molecule has 0 spiro atoms. The lowest BCUT2D eigenvalue weighted by atomic mass is 10.0. The van der Waals surface area contributed by atoms with Crippen molar-refractivity contribution in [2.24, 2.45) is 0 Å². The number of ether oxygens (including phenoxy) is 2. The third-order valence-electron chi connectivity index (χ3n) is 4.00. The van der Waals surface area contributed by atoms with Crippen LogP contribution in [0.4, 0.5) is 8.78 Å². The first-order chi connectivity index (χ1) is 10.4. The molecule has 0 aromatic heterocycles. The lowest BCUT2D eigenvalue weighted by Gasteiger charge is -2.28. The van der Waals surface area contributed by atoms with Crippen LogP contribution in [0.25, 0.3) is 0 Å². The van der Waals surface area contributed by atoms with Gasteiger partial charge in [-0.25, -0.2) is 0 Å². The summed E-state index contributed by atoms with van der Waals surface area (Å²) in [5, 5.41) is 10.4. The number of hydrogen-bond donors (Lipinski definition) is 1. The van der Waals surface area contributed by atoms with E-state index in [2.05, 4.69) is 4.74 Å². The summed E-state index contributed by atoms with van der Waals surface area (Å²) >= 11 is 0. The Morgan fingerprint density at radius 1 is 1.27 bits per heavy atom. The highest BCUT2D eigenvalue weighted by Gasteiger charge is 2.32. The highest BCUT2D eigenvalue weighted by molar-refractivity contribution is 5.43. The van der Waals surface area contributed by atoms with Crippen molar-refractivity contribution in [1.29, 1.82) is 0 Å². The number of benzene rings is 1. The Hall–Kier alpha value is -1.40. The van der Waals surface area contributed by atoms with Gasteiger partial charge in [-0.1, -0.05) is 18.9 Å². The predicted molar refractivity (Wildman–Crippen MR) is 79.4 cm³/mol. The van der Waals surface area contributed by atoms with Crippen LogP contribution in [0.15, 0.2) is 18.2 Å². The van der Waals surface area contributed by atoms with Crippen LogP contribution in [-0.4, -0.2) is 42.9 Å². The fraction of sp³-hybridized carbons (Fsp3) is 0.625. The molecule has 1 saturated carbocycles. The summed E-state index contributed by atoms with van der Waals surface area (Å²) in [4.78, 5) is 2.04. The summed E-state index contributed by atoms with van der Waals surface area (Å²) in [6, 6.07) is 4.90. The van der Waals surface area contributed by atoms with Gasteiger partial charge in [0.2, 0.25) is 0 Å². The minimum Gasteiger partial charge on any atom is -0.493 e. The molecule has 1 fully saturated rings. The molecule has 0 aliphatic heterocycles. The van der Waals surface area contributed by atoms with E-state index in [4.69, 9.17) is 4.74 Å². The van der Waals surface area contributed by atoms with Gasteiger partial charge >= 0.3 is 6.61 Å². The lowest BCUT2D eigenvalue weighted by molar-refractivity contribution is -0.0512. The minimum atomic E-state index is -2.88. The molecule has 1 aromatic rings. The number of alkyl halides is 2. The molecular formula is C16H23F2NO3. The number of halogens is 2. The van der Waals surface area contributed by atoms with Crippen LogP contribution in [0.3, 0.4) is 0 Å². The van der Waals surface area contributed by atoms with Gasteiger partial charge in [0.25, 0.3) is 0 Å². The molecule has 0 amide bonds. The van der Waals surface area contributed by atoms with Gasteiger partial charge in [0.1, 0.15) is 0 Å². The van der Waals surface area contributed by atoms with E-state index in [1.54, 1.807) is 12.1 Å². The molecule has 6 heteroatoms. The van der Waals surface area contributed by atoms with E-state index in [9.17, 15) is 13.9 Å². The van der Waals surface area contributed by atoms with Crippen molar-refractivity contribution in [3.8, 4) is 11.5 Å². The van der Waals surface area contributed by atoms with Gasteiger partial charge in [0, 0.05) is 13.1 Å². The van der Waals surface area contributed by atoms with Gasteiger partial charge in [-0.2, -0.15) is 8.78 Å². The SMILES string of the molecule is COc1cc(CN(C)CC2(O)CCCC2)ccc1OC(F)F. The van der Waals surface area contributed by atoms with Crippen LogP contribution in [0, 0.1) is 0 Å². The van der Waals surface area contributed by atoms with Gasteiger partial charge in [-0.15, -0.1) is 0 Å². The Kier molecular flexibility index (Phi) is 5.58. The fourth-order valence-corrected chi connectivity index (χ4v) is 3.06. The molecule has 1 aliphatic rings. The molecule has 0 heterocycles. The van der Waals surface area contributed by atoms with Crippen LogP contribution >= 0.6 is 0 Å². The highest BCUT2D eigenvalue weighted by Crippen LogP contribution is 2.32. The normalized spacial score (nSPS) is 17.2. The van der Waals surface area contributed by atoms with Crippen LogP contribution in [0.5, 0.6) is 11.5 Å². The zero-order chi connectivity index (χ0) is 16.2. The maximum Gasteiger partial charge on any atom is 0.387 e. The standard InChI is InChI=1S/C16H23F2NO3/c1-19(11-16(20)7-3-4-8-16)10-12-5-6-13(22-15(17)18)14(9-12)21-2/h5-6,9,15,20H,3-4,7-8,10-11H2,1-2H3. The average molecular weight is 315 g/mol. The maximum absolute atomic E-state index is 12.3. The monoisotopic (exact) mass is 315 g/mol. The third-order valence-corrected chi connectivity index (χ3v) is 4.00. The van der Waals surface area contributed by atoms with Crippen LogP contribution in [0.1, 0.15) is 31.2 Å². The number of likely N-dealkylation sites (N-methyl/N-ethyl adjacent to an activating group) is 1. The number of rotatable bonds is 7. The summed E-state index contributed by atoms with van der Waals surface area (Å²) in [6.45, 7) is -1.67. The second kappa shape index (κ2) is 7.24. The highest BCUT2D eigenvalue weighted by atomic mass is 19.3. The first kappa shape index (κ1) is 17.0. The van der Waals surface area contributed by atoms with E-state index < -0.39 is 12.2 Å². The average Bonchev–Trinajstić information content (AvgIpc) is 2.86. The first-order valence-corrected chi connectivity index (χ1v) is 7.44. The summed E-state index contributed by atoms with van der Waals surface area (Å²) in [5.41, 5.74) is 0.319. The van der Waals surface area contributed by atoms with Crippen molar-refractivity contribution < 1.29 is 23.4 Å². The molecule has 22 heavy (non-hydrogen) atoms. The van der Waals surface area contributed by atoms with Crippen LogP contribution in [0.2, 0.25) is 0 Å². The van der Waals surface area contributed by atoms with Crippen molar-refractivity contribution >= 4 is 0 Å². The zero-order valence-electron chi connectivity index (χ0n) is 13.0. The predicted octanol–water partition coefficient (Wildman–Crippen LogP) is 3.03. The van der Waals surface area contributed by atoms with Gasteiger partial charge in [0.15, 0.2) is 11.5 Å². The molecule has 124 valence electrons. The van der Waals surface area contributed by atoms with E-state index >= 15 is 0 Å². The lowest BCUT2D eigenvalue weighted by Crippen LogP contribution is -2.38. The Morgan fingerprint density at radius 3 is 2.55 bits per heavy atom. The molecule has 1 aliphatic carbocycles. The number of nitrogens with zero attached hydrogens (tertiary/aromatic N) is 1. The Balaban J connectivity index is 1.99. The fourth-order valence-electron chi connectivity index (χ4n) is 3.06. The molecule has 1 N–H and O–H groups in total. The number of methoxy groups -OCH3 is 1. The van der Waals surface area contributed by atoms with Crippen molar-refractivity contribution in [1.82, 2.24) is 4.90 Å². The minimum absolute atomic E-state index is 0.0262. The molecule has 0 radical (unpaired) electrons. The van der Waals surface area contributed by atoms with E-state index in [1.807, 2.05) is 11.9 Å². The Labute approximate surface area is 129 Å². The van der Waals surface area contributed by atoms with Gasteiger partial charge in [-0.05, 0) is 37.6 Å². The van der Waals surface area contributed by atoms with Crippen LogP contribution in [-0.2, 0) is 6.54 Å². The summed E-state index contributed by atoms with van der Waals surface area (Å²) in [6.07, 6.45) is 3.80. The van der Waals surface area contributed by atoms with Crippen molar-refractivity contribution in [2.75, 3.05) is 20.7 Å². The molecule has 0 saturated heterocycles. The Bertz CT molecular complexity index is 490. The van der Waals surface area contributed by atoms with Gasteiger partial charge in [0.05, 0.1) is 12.7 Å². The first-order valence-electron chi connectivity index (χ1n) is 7.44. The number of aliphatic hydroxyl groups is 1. The molecule has 1 aromatic carbocycles. The van der Waals surface area contributed by atoms with E-state index in [0.29, 0.717) is 13.1 Å². The third kappa shape index (κ3) is 4.55. The number of hydrogen-bond acceptors (Lipinski definition) is 4. The zero-order valence-corrected chi connectivity index (χ0v) is 13.0. The topological polar surface area (TPSA) is 41.9 Å². The molecule has 0 atom stereocenters. The summed E-state index contributed by atoms with van der Waals surface area (Å²) in [5.74, 6) is 0.309. The Morgan fingerprint density at radius 2 is 1.95 bits per heavy atom. The second-order valence-electron chi connectivity index (χ2n) is 5.97. The van der Waals surface area contributed by atoms with Gasteiger partial charge in [-0.3, -0.25) is 4.90 Å². The second-order valence-corrected chi connectivity index (χ2v) is 5.97. The van der Waals surface area contributed by atoms with E-state index in [1.165, 1.54) is 13.2 Å². The van der Waals surface area contributed by atoms with Crippen molar-refractivity contribution in [2.45, 2.75) is 44.4 Å². The van der Waals surface area contributed by atoms with Gasteiger partial charge < -0.3 is 14.6 Å². The van der Waals surface area contributed by atoms with E-state index in [0.717, 1.165) is 31.2 Å². The molecule has 0 bridgehead atoms. The molecule has 0 unspecified atom stereocenters. The summed E-state index contributed by atoms with van der Waals surface area (Å²) in [7, 11) is 3.36.